The summed E-state index contributed by atoms with van der Waals surface area (Å²) in [6, 6.07) is 3.80. The van der Waals surface area contributed by atoms with Gasteiger partial charge in [0.2, 0.25) is 5.91 Å². The fraction of sp³-hybridized carbons (Fsp3) is 0.529. The van der Waals surface area contributed by atoms with Crippen LogP contribution in [0.25, 0.3) is 0 Å². The standard InChI is InChI=1S/C17H21N3O2/c21-16-9-14(12-5-2-1-3-6-12)15-10-18-20(17(15)19-16)11-13-7-4-8-22-13/h4,7-8,10,12,14H,1-3,5-6,9,11H2,(H,19,21)/t14-/m0/s1. The van der Waals surface area contributed by atoms with Crippen LogP contribution in [0, 0.1) is 5.92 Å². The second kappa shape index (κ2) is 5.63. The zero-order valence-corrected chi connectivity index (χ0v) is 12.6. The lowest BCUT2D eigenvalue weighted by Gasteiger charge is -2.32. The Bertz CT molecular complexity index is 654. The van der Waals surface area contributed by atoms with Gasteiger partial charge in [-0.2, -0.15) is 5.10 Å². The Balaban J connectivity index is 1.63. The molecule has 0 bridgehead atoms. The molecule has 1 N–H and O–H groups in total. The van der Waals surface area contributed by atoms with Crippen molar-refractivity contribution in [1.82, 2.24) is 9.78 Å². The molecule has 0 radical (unpaired) electrons. The Labute approximate surface area is 129 Å². The maximum atomic E-state index is 12.2. The number of carbonyl (C=O) groups is 1. The quantitative estimate of drug-likeness (QED) is 0.943. The minimum atomic E-state index is 0.115. The summed E-state index contributed by atoms with van der Waals surface area (Å²) in [4.78, 5) is 12.2. The summed E-state index contributed by atoms with van der Waals surface area (Å²) in [6.07, 6.45) is 10.6. The van der Waals surface area contributed by atoms with Crippen LogP contribution in [0.15, 0.2) is 29.0 Å². The maximum Gasteiger partial charge on any atom is 0.226 e. The van der Waals surface area contributed by atoms with E-state index in [1.807, 2.05) is 23.0 Å². The van der Waals surface area contributed by atoms with E-state index in [1.165, 1.54) is 37.7 Å². The van der Waals surface area contributed by atoms with E-state index in [1.54, 1.807) is 6.26 Å². The lowest BCUT2D eigenvalue weighted by molar-refractivity contribution is -0.117. The third-order valence-electron chi connectivity index (χ3n) is 5.03. The fourth-order valence-corrected chi connectivity index (χ4v) is 3.93. The van der Waals surface area contributed by atoms with E-state index < -0.39 is 0 Å². The molecule has 2 aromatic rings. The van der Waals surface area contributed by atoms with Crippen LogP contribution in [0.5, 0.6) is 0 Å². The highest BCUT2D eigenvalue weighted by Gasteiger charge is 2.34. The number of carbonyl (C=O) groups excluding carboxylic acids is 1. The van der Waals surface area contributed by atoms with E-state index in [0.29, 0.717) is 24.8 Å². The van der Waals surface area contributed by atoms with Crippen molar-refractivity contribution in [3.63, 3.8) is 0 Å². The van der Waals surface area contributed by atoms with Crippen LogP contribution in [-0.4, -0.2) is 15.7 Å². The summed E-state index contributed by atoms with van der Waals surface area (Å²) in [5.74, 6) is 2.78. The van der Waals surface area contributed by atoms with Crippen LogP contribution >= 0.6 is 0 Å². The van der Waals surface area contributed by atoms with Crippen molar-refractivity contribution in [1.29, 1.82) is 0 Å². The molecule has 0 aromatic carbocycles. The number of furan rings is 1. The normalized spacial score (nSPS) is 22.4. The molecule has 1 aliphatic heterocycles. The molecule has 4 rings (SSSR count). The second-order valence-corrected chi connectivity index (χ2v) is 6.44. The first kappa shape index (κ1) is 13.6. The van der Waals surface area contributed by atoms with Gasteiger partial charge in [-0.3, -0.25) is 4.79 Å². The first-order valence-electron chi connectivity index (χ1n) is 8.19. The highest BCUT2D eigenvalue weighted by molar-refractivity contribution is 5.93. The van der Waals surface area contributed by atoms with E-state index in [-0.39, 0.29) is 5.91 Å². The third kappa shape index (κ3) is 2.45. The van der Waals surface area contributed by atoms with Gasteiger partial charge in [-0.15, -0.1) is 0 Å². The van der Waals surface area contributed by atoms with Crippen LogP contribution in [0.1, 0.15) is 55.8 Å². The molecule has 5 heteroatoms. The monoisotopic (exact) mass is 299 g/mol. The molecule has 3 heterocycles. The van der Waals surface area contributed by atoms with Gasteiger partial charge >= 0.3 is 0 Å². The summed E-state index contributed by atoms with van der Waals surface area (Å²) < 4.78 is 7.24. The highest BCUT2D eigenvalue weighted by Crippen LogP contribution is 2.43. The molecule has 116 valence electrons. The molecule has 1 aliphatic carbocycles. The van der Waals surface area contributed by atoms with Crippen LogP contribution in [-0.2, 0) is 11.3 Å². The predicted molar refractivity (Wildman–Crippen MR) is 82.6 cm³/mol. The molecule has 1 atom stereocenters. The Kier molecular flexibility index (Phi) is 3.48. The van der Waals surface area contributed by atoms with Gasteiger partial charge in [0.15, 0.2) is 0 Å². The lowest BCUT2D eigenvalue weighted by Crippen LogP contribution is -2.29. The largest absolute Gasteiger partial charge is 0.467 e. The van der Waals surface area contributed by atoms with Gasteiger partial charge in [-0.25, -0.2) is 4.68 Å². The molecule has 1 amide bonds. The van der Waals surface area contributed by atoms with Gasteiger partial charge in [0.25, 0.3) is 0 Å². The summed E-state index contributed by atoms with van der Waals surface area (Å²) in [6.45, 7) is 0.556. The summed E-state index contributed by atoms with van der Waals surface area (Å²) >= 11 is 0. The average molecular weight is 299 g/mol. The van der Waals surface area contributed by atoms with E-state index in [2.05, 4.69) is 10.4 Å². The fourth-order valence-electron chi connectivity index (χ4n) is 3.93. The third-order valence-corrected chi connectivity index (χ3v) is 5.03. The van der Waals surface area contributed by atoms with Crippen molar-refractivity contribution in [2.45, 2.75) is 51.0 Å². The Morgan fingerprint density at radius 3 is 2.95 bits per heavy atom. The summed E-state index contributed by atoms with van der Waals surface area (Å²) in [7, 11) is 0. The van der Waals surface area contributed by atoms with Crippen molar-refractivity contribution in [3.05, 3.63) is 35.9 Å². The van der Waals surface area contributed by atoms with Crippen molar-refractivity contribution in [2.75, 3.05) is 5.32 Å². The SMILES string of the molecule is O=C1C[C@@H](C2CCCCC2)c2cnn(Cc3ccco3)c2N1. The minimum Gasteiger partial charge on any atom is -0.467 e. The molecule has 2 aromatic heterocycles. The average Bonchev–Trinajstić information content (AvgIpc) is 3.18. The highest BCUT2D eigenvalue weighted by atomic mass is 16.3. The number of aromatic nitrogens is 2. The molecule has 5 nitrogen and oxygen atoms in total. The molecule has 1 saturated carbocycles. The molecule has 0 saturated heterocycles. The van der Waals surface area contributed by atoms with Gasteiger partial charge in [-0.05, 0) is 30.9 Å². The number of hydrogen-bond donors (Lipinski definition) is 1. The van der Waals surface area contributed by atoms with E-state index in [9.17, 15) is 4.79 Å². The minimum absolute atomic E-state index is 0.115. The van der Waals surface area contributed by atoms with Gasteiger partial charge in [0, 0.05) is 17.9 Å². The van der Waals surface area contributed by atoms with E-state index in [4.69, 9.17) is 4.42 Å². The lowest BCUT2D eigenvalue weighted by atomic mass is 9.75. The maximum absolute atomic E-state index is 12.2. The van der Waals surface area contributed by atoms with Crippen molar-refractivity contribution in [3.8, 4) is 0 Å². The van der Waals surface area contributed by atoms with Crippen molar-refractivity contribution in [2.24, 2.45) is 5.92 Å². The summed E-state index contributed by atoms with van der Waals surface area (Å²) in [5, 5.41) is 7.50. The summed E-state index contributed by atoms with van der Waals surface area (Å²) in [5.41, 5.74) is 1.21. The Hall–Kier alpha value is -2.04. The zero-order valence-electron chi connectivity index (χ0n) is 12.6. The molecular formula is C17H21N3O2. The number of amides is 1. The number of anilines is 1. The first-order valence-corrected chi connectivity index (χ1v) is 8.19. The van der Waals surface area contributed by atoms with E-state index in [0.717, 1.165) is 11.6 Å². The smallest absolute Gasteiger partial charge is 0.226 e. The number of rotatable bonds is 3. The van der Waals surface area contributed by atoms with Crippen LogP contribution in [0.4, 0.5) is 5.82 Å². The topological polar surface area (TPSA) is 60.1 Å². The second-order valence-electron chi connectivity index (χ2n) is 6.44. The zero-order chi connectivity index (χ0) is 14.9. The molecule has 1 fully saturated rings. The van der Waals surface area contributed by atoms with E-state index >= 15 is 0 Å². The number of fused-ring (bicyclic) bond motifs is 1. The van der Waals surface area contributed by atoms with Gasteiger partial charge in [0.05, 0.1) is 12.5 Å². The van der Waals surface area contributed by atoms with Gasteiger partial charge < -0.3 is 9.73 Å². The molecule has 0 spiro atoms. The van der Waals surface area contributed by atoms with Gasteiger partial charge in [0.1, 0.15) is 18.1 Å². The van der Waals surface area contributed by atoms with Crippen molar-refractivity contribution >= 4 is 11.7 Å². The van der Waals surface area contributed by atoms with Crippen molar-refractivity contribution < 1.29 is 9.21 Å². The molecule has 2 aliphatic rings. The first-order chi connectivity index (χ1) is 10.8. The Morgan fingerprint density at radius 1 is 1.32 bits per heavy atom. The predicted octanol–water partition coefficient (Wildman–Crippen LogP) is 3.53. The molecule has 0 unspecified atom stereocenters. The molecular weight excluding hydrogens is 278 g/mol. The number of nitrogens with one attached hydrogen (secondary N) is 1. The Morgan fingerprint density at radius 2 is 2.18 bits per heavy atom. The number of nitrogens with zero attached hydrogens (tertiary/aromatic N) is 2. The van der Waals surface area contributed by atoms with Crippen LogP contribution < -0.4 is 5.32 Å². The van der Waals surface area contributed by atoms with Gasteiger partial charge in [-0.1, -0.05) is 19.3 Å². The van der Waals surface area contributed by atoms with Crippen LogP contribution in [0.2, 0.25) is 0 Å². The molecule has 22 heavy (non-hydrogen) atoms. The number of hydrogen-bond acceptors (Lipinski definition) is 3. The van der Waals surface area contributed by atoms with Crippen LogP contribution in [0.3, 0.4) is 0 Å².